The van der Waals surface area contributed by atoms with Crippen LogP contribution in [-0.2, 0) is 0 Å². The minimum absolute atomic E-state index is 0.356. The number of benzene rings is 8. The predicted molar refractivity (Wildman–Crippen MR) is 273 cm³/mol. The molecular formula is C62H50N2. The van der Waals surface area contributed by atoms with E-state index in [-0.39, 0.29) is 0 Å². The topological polar surface area (TPSA) is 8.17 Å². The van der Waals surface area contributed by atoms with Crippen LogP contribution in [0.1, 0.15) is 37.3 Å². The third kappa shape index (κ3) is 7.52. The summed E-state index contributed by atoms with van der Waals surface area (Å²) in [6.07, 6.45) is 17.0. The third-order valence-electron chi connectivity index (χ3n) is 13.3. The monoisotopic (exact) mass is 822 g/mol. The molecule has 2 nitrogen and oxygen atoms in total. The van der Waals surface area contributed by atoms with Crippen LogP contribution in [0.5, 0.6) is 0 Å². The fourth-order valence-corrected chi connectivity index (χ4v) is 9.70. The molecule has 0 aliphatic heterocycles. The molecule has 64 heavy (non-hydrogen) atoms. The zero-order valence-corrected chi connectivity index (χ0v) is 36.4. The maximum absolute atomic E-state index is 2.44. The van der Waals surface area contributed by atoms with E-state index < -0.39 is 0 Å². The fourth-order valence-electron chi connectivity index (χ4n) is 9.70. The van der Waals surface area contributed by atoms with Crippen LogP contribution in [0.2, 0.25) is 0 Å². The quantitative estimate of drug-likeness (QED) is 0.141. The molecule has 0 amide bonds. The van der Waals surface area contributed by atoms with Crippen molar-refractivity contribution in [2.24, 2.45) is 11.8 Å². The van der Waals surface area contributed by atoms with Crippen LogP contribution in [-0.4, -0.2) is 4.57 Å². The van der Waals surface area contributed by atoms with E-state index in [0.717, 1.165) is 29.2 Å². The van der Waals surface area contributed by atoms with Crippen LogP contribution >= 0.6 is 0 Å². The van der Waals surface area contributed by atoms with Gasteiger partial charge in [-0.25, -0.2) is 0 Å². The summed E-state index contributed by atoms with van der Waals surface area (Å²) in [7, 11) is 0. The maximum atomic E-state index is 2.44. The number of anilines is 3. The number of rotatable bonds is 9. The van der Waals surface area contributed by atoms with E-state index in [1.54, 1.807) is 0 Å². The molecule has 0 bridgehead atoms. The summed E-state index contributed by atoms with van der Waals surface area (Å²) in [6, 6.07) is 71.4. The number of hydrogen-bond acceptors (Lipinski definition) is 1. The van der Waals surface area contributed by atoms with Gasteiger partial charge in [-0.15, -0.1) is 0 Å². The number of aromatic nitrogens is 1. The van der Waals surface area contributed by atoms with Crippen LogP contribution in [0.3, 0.4) is 0 Å². The van der Waals surface area contributed by atoms with Gasteiger partial charge in [0.2, 0.25) is 0 Å². The number of hydrogen-bond donors (Lipinski definition) is 0. The molecule has 1 heterocycles. The van der Waals surface area contributed by atoms with Crippen LogP contribution in [0.4, 0.5) is 17.1 Å². The van der Waals surface area contributed by atoms with E-state index in [0.29, 0.717) is 17.8 Å². The largest absolute Gasteiger partial charge is 0.311 e. The molecular weight excluding hydrogens is 773 g/mol. The van der Waals surface area contributed by atoms with E-state index in [4.69, 9.17) is 0 Å². The second kappa shape index (κ2) is 16.9. The summed E-state index contributed by atoms with van der Waals surface area (Å²) in [5, 5.41) is 2.55. The zero-order chi connectivity index (χ0) is 43.0. The molecule has 0 spiro atoms. The normalized spacial score (nSPS) is 16.9. The summed E-state index contributed by atoms with van der Waals surface area (Å²) in [5.74, 6) is 1.39. The summed E-state index contributed by atoms with van der Waals surface area (Å²) in [6.45, 7) is 4.58. The maximum Gasteiger partial charge on any atom is 0.0541 e. The highest BCUT2D eigenvalue weighted by Gasteiger charge is 2.20. The van der Waals surface area contributed by atoms with Crippen molar-refractivity contribution in [3.63, 3.8) is 0 Å². The van der Waals surface area contributed by atoms with Crippen molar-refractivity contribution < 1.29 is 0 Å². The fraction of sp³-hybridized carbons (Fsp3) is 0.0968. The summed E-state index contributed by atoms with van der Waals surface area (Å²) < 4.78 is 2.43. The lowest BCUT2D eigenvalue weighted by molar-refractivity contribution is 0.636. The van der Waals surface area contributed by atoms with Gasteiger partial charge in [0.05, 0.1) is 11.0 Å². The summed E-state index contributed by atoms with van der Waals surface area (Å²) in [4.78, 5) is 2.36. The molecule has 0 saturated carbocycles. The Bertz CT molecular complexity index is 3220. The Morgan fingerprint density at radius 1 is 0.438 bits per heavy atom. The minimum Gasteiger partial charge on any atom is -0.311 e. The molecule has 2 heteroatoms. The number of nitrogens with zero attached hydrogens (tertiary/aromatic N) is 2. The SMILES string of the molecule is CC1C=CC(c2ccc(N(c3ccc(-c4ccccc4)cc3)c3ccc(-c4ccc(-n5c6ccc(-c7ccccc7)cc6c6cc(C7C=CC=CC7C)ccc65)cc4)cc3)cc2)=CC1. The Hall–Kier alpha value is -7.68. The molecule has 1 aromatic heterocycles. The van der Waals surface area contributed by atoms with Crippen molar-refractivity contribution in [1.29, 1.82) is 0 Å². The molecule has 2 aliphatic rings. The van der Waals surface area contributed by atoms with Gasteiger partial charge in [-0.05, 0) is 141 Å². The van der Waals surface area contributed by atoms with E-state index >= 15 is 0 Å². The molecule has 308 valence electrons. The molecule has 9 aromatic rings. The average Bonchev–Trinajstić information content (AvgIpc) is 3.69. The van der Waals surface area contributed by atoms with Crippen LogP contribution < -0.4 is 4.90 Å². The molecule has 8 aromatic carbocycles. The van der Waals surface area contributed by atoms with Crippen molar-refractivity contribution in [1.82, 2.24) is 4.57 Å². The molecule has 0 saturated heterocycles. The van der Waals surface area contributed by atoms with Gasteiger partial charge in [-0.2, -0.15) is 0 Å². The number of fused-ring (bicyclic) bond motifs is 3. The Morgan fingerprint density at radius 3 is 1.48 bits per heavy atom. The van der Waals surface area contributed by atoms with E-state index in [2.05, 4.69) is 260 Å². The first-order valence-electron chi connectivity index (χ1n) is 22.7. The van der Waals surface area contributed by atoms with Crippen LogP contribution in [0.15, 0.2) is 237 Å². The highest BCUT2D eigenvalue weighted by molar-refractivity contribution is 6.11. The Kier molecular flexibility index (Phi) is 10.3. The van der Waals surface area contributed by atoms with Crippen molar-refractivity contribution in [2.45, 2.75) is 26.2 Å². The highest BCUT2D eigenvalue weighted by Crippen LogP contribution is 2.41. The Morgan fingerprint density at radius 2 is 0.922 bits per heavy atom. The summed E-state index contributed by atoms with van der Waals surface area (Å²) >= 11 is 0. The van der Waals surface area contributed by atoms with Crippen LogP contribution in [0, 0.1) is 11.8 Å². The van der Waals surface area contributed by atoms with Crippen molar-refractivity contribution >= 4 is 44.4 Å². The Labute approximate surface area is 377 Å². The average molecular weight is 823 g/mol. The Balaban J connectivity index is 0.931. The first-order chi connectivity index (χ1) is 31.5. The lowest BCUT2D eigenvalue weighted by Crippen LogP contribution is -2.10. The smallest absolute Gasteiger partial charge is 0.0541 e. The van der Waals surface area contributed by atoms with E-state index in [1.807, 2.05) is 0 Å². The van der Waals surface area contributed by atoms with Crippen molar-refractivity contribution in [2.75, 3.05) is 4.90 Å². The molecule has 3 unspecified atom stereocenters. The van der Waals surface area contributed by atoms with Gasteiger partial charge in [0.1, 0.15) is 0 Å². The van der Waals surface area contributed by atoms with Crippen LogP contribution in [0.25, 0.3) is 66.4 Å². The zero-order valence-electron chi connectivity index (χ0n) is 36.4. The molecule has 2 aliphatic carbocycles. The van der Waals surface area contributed by atoms with Crippen molar-refractivity contribution in [3.05, 3.63) is 248 Å². The van der Waals surface area contributed by atoms with E-state index in [9.17, 15) is 0 Å². The molecule has 0 radical (unpaired) electrons. The molecule has 0 fully saturated rings. The van der Waals surface area contributed by atoms with Gasteiger partial charge in [0, 0.05) is 39.4 Å². The molecule has 3 atom stereocenters. The van der Waals surface area contributed by atoms with E-state index in [1.165, 1.54) is 71.9 Å². The second-order valence-electron chi connectivity index (χ2n) is 17.5. The lowest BCUT2D eigenvalue weighted by Gasteiger charge is -2.26. The van der Waals surface area contributed by atoms with Gasteiger partial charge in [0.25, 0.3) is 0 Å². The van der Waals surface area contributed by atoms with Gasteiger partial charge in [0.15, 0.2) is 0 Å². The first kappa shape index (κ1) is 39.2. The van der Waals surface area contributed by atoms with Gasteiger partial charge in [-0.1, -0.05) is 178 Å². The highest BCUT2D eigenvalue weighted by atomic mass is 15.1. The third-order valence-corrected chi connectivity index (χ3v) is 13.3. The molecule has 0 N–H and O–H groups in total. The van der Waals surface area contributed by atoms with Gasteiger partial charge >= 0.3 is 0 Å². The van der Waals surface area contributed by atoms with Gasteiger partial charge in [-0.3, -0.25) is 0 Å². The van der Waals surface area contributed by atoms with Crippen molar-refractivity contribution in [3.8, 4) is 39.1 Å². The predicted octanol–water partition coefficient (Wildman–Crippen LogP) is 17.1. The molecule has 11 rings (SSSR count). The van der Waals surface area contributed by atoms with Gasteiger partial charge < -0.3 is 9.47 Å². The second-order valence-corrected chi connectivity index (χ2v) is 17.5. The standard InChI is InChI=1S/C62H50N2/c1-43-17-19-47(20-18-43)49-23-33-55(34-24-49)63(54-31-21-48(22-32-54)45-12-5-3-6-13-45)56-35-25-50(26-36-56)51-27-37-57(38-28-51)64-61-39-29-52(46-14-7-4-8-15-46)41-59(61)60-42-53(30-40-62(60)64)58-16-10-9-11-44(58)2/h3-17,19-44,58H,18H2,1-2H3. The lowest BCUT2D eigenvalue weighted by atomic mass is 9.84. The summed E-state index contributed by atoms with van der Waals surface area (Å²) in [5.41, 5.74) is 18.1. The number of allylic oxidation sites excluding steroid dienone is 8. The minimum atomic E-state index is 0.356. The first-order valence-corrected chi connectivity index (χ1v) is 22.7.